The summed E-state index contributed by atoms with van der Waals surface area (Å²) in [7, 11) is 1.95. The maximum absolute atomic E-state index is 11.4. The maximum Gasteiger partial charge on any atom is 0.223 e. The molecule has 0 spiro atoms. The third-order valence-corrected chi connectivity index (χ3v) is 3.28. The first kappa shape index (κ1) is 11.2. The largest absolute Gasteiger partial charge is 0.356 e. The van der Waals surface area contributed by atoms with Gasteiger partial charge in [0.25, 0.3) is 0 Å². The van der Waals surface area contributed by atoms with Gasteiger partial charge in [-0.15, -0.1) is 0 Å². The van der Waals surface area contributed by atoms with Crippen molar-refractivity contribution in [3.63, 3.8) is 0 Å². The van der Waals surface area contributed by atoms with Crippen molar-refractivity contribution in [1.29, 1.82) is 0 Å². The van der Waals surface area contributed by atoms with E-state index in [0.29, 0.717) is 5.92 Å². The molecular formula is C12H19N3O. The van der Waals surface area contributed by atoms with Crippen LogP contribution in [0, 0.1) is 19.8 Å². The monoisotopic (exact) mass is 221 g/mol. The molecule has 0 aliphatic heterocycles. The van der Waals surface area contributed by atoms with Crippen LogP contribution in [0.25, 0.3) is 0 Å². The molecule has 16 heavy (non-hydrogen) atoms. The molecule has 1 fully saturated rings. The van der Waals surface area contributed by atoms with Crippen molar-refractivity contribution in [2.45, 2.75) is 33.1 Å². The summed E-state index contributed by atoms with van der Waals surface area (Å²) in [5.41, 5.74) is 3.53. The average Bonchev–Trinajstić information content (AvgIpc) is 3.02. The van der Waals surface area contributed by atoms with Gasteiger partial charge in [-0.1, -0.05) is 0 Å². The van der Waals surface area contributed by atoms with Gasteiger partial charge in [-0.25, -0.2) is 0 Å². The van der Waals surface area contributed by atoms with Crippen LogP contribution in [0.2, 0.25) is 0 Å². The molecular weight excluding hydrogens is 202 g/mol. The summed E-state index contributed by atoms with van der Waals surface area (Å²) in [4.78, 5) is 11.4. The zero-order chi connectivity index (χ0) is 11.7. The van der Waals surface area contributed by atoms with Crippen molar-refractivity contribution in [3.05, 3.63) is 17.0 Å². The number of carbonyl (C=O) groups is 1. The highest BCUT2D eigenvalue weighted by Crippen LogP contribution is 2.28. The van der Waals surface area contributed by atoms with Crippen LogP contribution in [0.4, 0.5) is 0 Å². The summed E-state index contributed by atoms with van der Waals surface area (Å²) in [5, 5.41) is 7.34. The number of carbonyl (C=O) groups excluding carboxylic acids is 1. The van der Waals surface area contributed by atoms with E-state index in [1.54, 1.807) is 0 Å². The summed E-state index contributed by atoms with van der Waals surface area (Å²) >= 11 is 0. The lowest BCUT2D eigenvalue weighted by Crippen LogP contribution is -2.27. The van der Waals surface area contributed by atoms with E-state index in [2.05, 4.69) is 17.3 Å². The lowest BCUT2D eigenvalue weighted by atomic mass is 10.1. The van der Waals surface area contributed by atoms with Gasteiger partial charge in [0.2, 0.25) is 5.91 Å². The van der Waals surface area contributed by atoms with Crippen molar-refractivity contribution in [2.75, 3.05) is 6.54 Å². The van der Waals surface area contributed by atoms with Crippen LogP contribution in [-0.2, 0) is 18.3 Å². The maximum atomic E-state index is 11.4. The van der Waals surface area contributed by atoms with Crippen molar-refractivity contribution in [1.82, 2.24) is 15.1 Å². The predicted molar refractivity (Wildman–Crippen MR) is 62.1 cm³/mol. The number of amides is 1. The normalized spacial score (nSPS) is 15.2. The number of rotatable bonds is 4. The summed E-state index contributed by atoms with van der Waals surface area (Å²) in [6.45, 7) is 4.81. The molecule has 0 radical (unpaired) electrons. The first-order chi connectivity index (χ1) is 7.59. The van der Waals surface area contributed by atoms with E-state index in [9.17, 15) is 4.79 Å². The number of hydrogen-bond donors (Lipinski definition) is 1. The highest BCUT2D eigenvalue weighted by atomic mass is 16.2. The second-order valence-corrected chi connectivity index (χ2v) is 4.59. The first-order valence-electron chi connectivity index (χ1n) is 5.86. The molecule has 4 heteroatoms. The molecule has 1 aliphatic carbocycles. The zero-order valence-corrected chi connectivity index (χ0v) is 10.2. The Hall–Kier alpha value is -1.32. The molecule has 1 N–H and O–H groups in total. The van der Waals surface area contributed by atoms with Gasteiger partial charge >= 0.3 is 0 Å². The molecule has 88 valence electrons. The molecule has 1 heterocycles. The van der Waals surface area contributed by atoms with Gasteiger partial charge in [-0.2, -0.15) is 5.10 Å². The van der Waals surface area contributed by atoms with Crippen LogP contribution in [0.3, 0.4) is 0 Å². The number of aryl methyl sites for hydroxylation is 2. The van der Waals surface area contributed by atoms with E-state index in [0.717, 1.165) is 31.5 Å². The first-order valence-corrected chi connectivity index (χ1v) is 5.86. The Morgan fingerprint density at radius 2 is 2.19 bits per heavy atom. The Labute approximate surface area is 96.0 Å². The molecule has 2 rings (SSSR count). The second-order valence-electron chi connectivity index (χ2n) is 4.59. The van der Waals surface area contributed by atoms with Gasteiger partial charge in [0, 0.05) is 25.2 Å². The van der Waals surface area contributed by atoms with E-state index >= 15 is 0 Å². The highest BCUT2D eigenvalue weighted by molar-refractivity contribution is 5.80. The Kier molecular flexibility index (Phi) is 2.99. The average molecular weight is 221 g/mol. The van der Waals surface area contributed by atoms with Gasteiger partial charge in [0.1, 0.15) is 0 Å². The predicted octanol–water partition coefficient (Wildman–Crippen LogP) is 1.11. The van der Waals surface area contributed by atoms with E-state index in [1.165, 1.54) is 11.3 Å². The van der Waals surface area contributed by atoms with Crippen LogP contribution >= 0.6 is 0 Å². The van der Waals surface area contributed by atoms with Crippen molar-refractivity contribution >= 4 is 5.91 Å². The standard InChI is InChI=1S/C12H19N3O/c1-8-11(9(2)15(3)14-8)6-7-13-12(16)10-4-5-10/h10H,4-7H2,1-3H3,(H,13,16). The van der Waals surface area contributed by atoms with Crippen LogP contribution in [0.5, 0.6) is 0 Å². The van der Waals surface area contributed by atoms with Crippen molar-refractivity contribution in [2.24, 2.45) is 13.0 Å². The van der Waals surface area contributed by atoms with Gasteiger partial charge in [0.05, 0.1) is 5.69 Å². The fraction of sp³-hybridized carbons (Fsp3) is 0.667. The lowest BCUT2D eigenvalue weighted by Gasteiger charge is -2.04. The zero-order valence-electron chi connectivity index (χ0n) is 10.2. The number of hydrogen-bond acceptors (Lipinski definition) is 2. The minimum absolute atomic E-state index is 0.221. The summed E-state index contributed by atoms with van der Waals surface area (Å²) < 4.78 is 1.90. The molecule has 4 nitrogen and oxygen atoms in total. The van der Waals surface area contributed by atoms with Crippen LogP contribution in [0.15, 0.2) is 0 Å². The molecule has 1 aromatic heterocycles. The molecule has 1 amide bonds. The topological polar surface area (TPSA) is 46.9 Å². The molecule has 0 atom stereocenters. The van der Waals surface area contributed by atoms with Crippen molar-refractivity contribution < 1.29 is 4.79 Å². The van der Waals surface area contributed by atoms with Gasteiger partial charge in [-0.05, 0) is 38.7 Å². The van der Waals surface area contributed by atoms with Gasteiger partial charge in [0.15, 0.2) is 0 Å². The molecule has 1 saturated carbocycles. The lowest BCUT2D eigenvalue weighted by molar-refractivity contribution is -0.122. The molecule has 0 unspecified atom stereocenters. The van der Waals surface area contributed by atoms with E-state index in [1.807, 2.05) is 18.7 Å². The Bertz CT molecular complexity index is 405. The smallest absolute Gasteiger partial charge is 0.223 e. The highest BCUT2D eigenvalue weighted by Gasteiger charge is 2.29. The van der Waals surface area contributed by atoms with Crippen molar-refractivity contribution in [3.8, 4) is 0 Å². The van der Waals surface area contributed by atoms with E-state index < -0.39 is 0 Å². The minimum atomic E-state index is 0.221. The Balaban J connectivity index is 1.86. The molecule has 1 aliphatic rings. The van der Waals surface area contributed by atoms with Crippen LogP contribution in [-0.4, -0.2) is 22.2 Å². The molecule has 0 bridgehead atoms. The molecule has 0 saturated heterocycles. The fourth-order valence-corrected chi connectivity index (χ4v) is 1.98. The third-order valence-electron chi connectivity index (χ3n) is 3.28. The summed E-state index contributed by atoms with van der Waals surface area (Å²) in [5.74, 6) is 0.523. The SMILES string of the molecule is Cc1nn(C)c(C)c1CCNC(=O)C1CC1. The summed E-state index contributed by atoms with van der Waals surface area (Å²) in [6, 6.07) is 0. The Morgan fingerprint density at radius 3 is 2.69 bits per heavy atom. The van der Waals surface area contributed by atoms with Gasteiger partial charge in [-0.3, -0.25) is 9.48 Å². The van der Waals surface area contributed by atoms with Gasteiger partial charge < -0.3 is 5.32 Å². The number of nitrogens with zero attached hydrogens (tertiary/aromatic N) is 2. The minimum Gasteiger partial charge on any atom is -0.356 e. The quantitative estimate of drug-likeness (QED) is 0.827. The van der Waals surface area contributed by atoms with E-state index in [-0.39, 0.29) is 5.91 Å². The number of nitrogens with one attached hydrogen (secondary N) is 1. The Morgan fingerprint density at radius 1 is 1.50 bits per heavy atom. The fourth-order valence-electron chi connectivity index (χ4n) is 1.98. The van der Waals surface area contributed by atoms with Crippen LogP contribution in [0.1, 0.15) is 29.8 Å². The van der Waals surface area contributed by atoms with Crippen LogP contribution < -0.4 is 5.32 Å². The number of aromatic nitrogens is 2. The summed E-state index contributed by atoms with van der Waals surface area (Å²) in [6.07, 6.45) is 3.01. The third kappa shape index (κ3) is 2.26. The molecule has 1 aromatic rings. The van der Waals surface area contributed by atoms with E-state index in [4.69, 9.17) is 0 Å². The molecule has 0 aromatic carbocycles. The second kappa shape index (κ2) is 4.28.